The molecule has 0 amide bonds. The Morgan fingerprint density at radius 1 is 0.424 bits per heavy atom. The van der Waals surface area contributed by atoms with Gasteiger partial charge in [-0.2, -0.15) is 15.0 Å². The number of nitrogens with one attached hydrogen (secondary N) is 2. The number of aromatic nitrogens is 3. The number of unbranched alkanes of at least 4 members (excludes halogenated alkanes) is 18. The zero-order valence-corrected chi connectivity index (χ0v) is 22.4. The second kappa shape index (κ2) is 22.4. The van der Waals surface area contributed by atoms with Gasteiger partial charge in [-0.1, -0.05) is 129 Å². The molecule has 2 N–H and O–H groups in total. The molecule has 5 heteroatoms. The molecule has 0 fully saturated rings. The van der Waals surface area contributed by atoms with Gasteiger partial charge in [0, 0.05) is 13.1 Å². The molecule has 0 aliphatic carbocycles. The van der Waals surface area contributed by atoms with Crippen LogP contribution in [-0.2, 0) is 0 Å². The Bertz CT molecular complexity index is 505. The average Bonchev–Trinajstić information content (AvgIpc) is 2.80. The molecule has 0 saturated carbocycles. The summed E-state index contributed by atoms with van der Waals surface area (Å²) in [6.45, 7) is 8.39. The molecule has 0 saturated heterocycles. The molecule has 0 atom stereocenters. The lowest BCUT2D eigenvalue weighted by Gasteiger charge is -2.09. The van der Waals surface area contributed by atoms with Crippen molar-refractivity contribution in [1.82, 2.24) is 15.0 Å². The van der Waals surface area contributed by atoms with Crippen molar-refractivity contribution < 1.29 is 0 Å². The molecular weight excluding hydrogens is 406 g/mol. The van der Waals surface area contributed by atoms with E-state index in [1.54, 1.807) is 0 Å². The number of aryl methyl sites for hydroxylation is 1. The van der Waals surface area contributed by atoms with E-state index in [-0.39, 0.29) is 0 Å². The fourth-order valence-electron chi connectivity index (χ4n) is 4.27. The molecule has 0 aromatic carbocycles. The van der Waals surface area contributed by atoms with Crippen molar-refractivity contribution in [2.75, 3.05) is 23.7 Å². The smallest absolute Gasteiger partial charge is 0.227 e. The Labute approximate surface area is 205 Å². The van der Waals surface area contributed by atoms with E-state index in [0.29, 0.717) is 11.9 Å². The van der Waals surface area contributed by atoms with Gasteiger partial charge >= 0.3 is 0 Å². The van der Waals surface area contributed by atoms with Gasteiger partial charge in [-0.25, -0.2) is 0 Å². The standard InChI is InChI=1S/C28H55N5/c1-4-6-8-10-12-14-16-18-20-22-24-29-27-31-26(3)32-28(33-27)30-25-23-21-19-17-15-13-11-9-7-5-2/h4-25H2,1-3H3,(H2,29,30,31,32,33). The largest absolute Gasteiger partial charge is 0.354 e. The highest BCUT2D eigenvalue weighted by Gasteiger charge is 2.03. The molecule has 0 unspecified atom stereocenters. The highest BCUT2D eigenvalue weighted by molar-refractivity contribution is 5.34. The van der Waals surface area contributed by atoms with Crippen molar-refractivity contribution in [3.8, 4) is 0 Å². The van der Waals surface area contributed by atoms with E-state index in [9.17, 15) is 0 Å². The van der Waals surface area contributed by atoms with Gasteiger partial charge in [-0.05, 0) is 19.8 Å². The summed E-state index contributed by atoms with van der Waals surface area (Å²) >= 11 is 0. The van der Waals surface area contributed by atoms with Crippen molar-refractivity contribution in [2.45, 2.75) is 149 Å². The lowest BCUT2D eigenvalue weighted by Crippen LogP contribution is -2.11. The summed E-state index contributed by atoms with van der Waals surface area (Å²) in [5.41, 5.74) is 0. The summed E-state index contributed by atoms with van der Waals surface area (Å²) in [6.07, 6.45) is 27.2. The van der Waals surface area contributed by atoms with Crippen molar-refractivity contribution in [2.24, 2.45) is 0 Å². The van der Waals surface area contributed by atoms with Gasteiger partial charge in [0.15, 0.2) is 0 Å². The summed E-state index contributed by atoms with van der Waals surface area (Å²) in [5, 5.41) is 6.78. The van der Waals surface area contributed by atoms with E-state index in [0.717, 1.165) is 18.9 Å². The maximum atomic E-state index is 4.55. The SMILES string of the molecule is CCCCCCCCCCCCNc1nc(C)nc(NCCCCCCCCCCCC)n1. The quantitative estimate of drug-likeness (QED) is 0.150. The van der Waals surface area contributed by atoms with Crippen LogP contribution in [0.25, 0.3) is 0 Å². The fraction of sp³-hybridized carbons (Fsp3) is 0.893. The van der Waals surface area contributed by atoms with Crippen LogP contribution in [-0.4, -0.2) is 28.0 Å². The van der Waals surface area contributed by atoms with Gasteiger partial charge in [0.2, 0.25) is 11.9 Å². The lowest BCUT2D eigenvalue weighted by atomic mass is 10.1. The van der Waals surface area contributed by atoms with Gasteiger partial charge in [-0.3, -0.25) is 0 Å². The van der Waals surface area contributed by atoms with Gasteiger partial charge in [-0.15, -0.1) is 0 Å². The third-order valence-electron chi connectivity index (χ3n) is 6.37. The predicted molar refractivity (Wildman–Crippen MR) is 145 cm³/mol. The topological polar surface area (TPSA) is 62.7 Å². The lowest BCUT2D eigenvalue weighted by molar-refractivity contribution is 0.559. The first-order valence-electron chi connectivity index (χ1n) is 14.5. The van der Waals surface area contributed by atoms with Crippen LogP contribution in [0, 0.1) is 6.92 Å². The molecule has 0 spiro atoms. The van der Waals surface area contributed by atoms with Crippen LogP contribution in [0.2, 0.25) is 0 Å². The Morgan fingerprint density at radius 2 is 0.727 bits per heavy atom. The van der Waals surface area contributed by atoms with Crippen molar-refractivity contribution in [3.63, 3.8) is 0 Å². The summed E-state index contributed by atoms with van der Waals surface area (Å²) in [5.74, 6) is 2.20. The predicted octanol–water partition coefficient (Wildman–Crippen LogP) is 8.85. The summed E-state index contributed by atoms with van der Waals surface area (Å²) < 4.78 is 0. The molecule has 1 aromatic heterocycles. The molecule has 0 bridgehead atoms. The van der Waals surface area contributed by atoms with Crippen LogP contribution in [0.1, 0.15) is 148 Å². The van der Waals surface area contributed by atoms with Crippen molar-refractivity contribution >= 4 is 11.9 Å². The maximum absolute atomic E-state index is 4.55. The van der Waals surface area contributed by atoms with Crippen LogP contribution in [0.4, 0.5) is 11.9 Å². The molecular formula is C28H55N5. The number of hydrogen-bond acceptors (Lipinski definition) is 5. The van der Waals surface area contributed by atoms with E-state index in [1.807, 2.05) is 6.92 Å². The van der Waals surface area contributed by atoms with Gasteiger partial charge in [0.25, 0.3) is 0 Å². The van der Waals surface area contributed by atoms with Gasteiger partial charge < -0.3 is 10.6 Å². The highest BCUT2D eigenvalue weighted by Crippen LogP contribution is 2.12. The second-order valence-corrected chi connectivity index (χ2v) is 9.75. The molecule has 1 aromatic rings. The maximum Gasteiger partial charge on any atom is 0.227 e. The minimum Gasteiger partial charge on any atom is -0.354 e. The average molecular weight is 462 g/mol. The zero-order valence-electron chi connectivity index (χ0n) is 22.4. The normalized spacial score (nSPS) is 11.1. The van der Waals surface area contributed by atoms with Crippen LogP contribution in [0.5, 0.6) is 0 Å². The van der Waals surface area contributed by atoms with Crippen LogP contribution in [0.15, 0.2) is 0 Å². The summed E-state index contributed by atoms with van der Waals surface area (Å²) in [4.78, 5) is 13.5. The van der Waals surface area contributed by atoms with Crippen molar-refractivity contribution in [1.29, 1.82) is 0 Å². The molecule has 5 nitrogen and oxygen atoms in total. The number of rotatable bonds is 24. The van der Waals surface area contributed by atoms with Gasteiger partial charge in [0.05, 0.1) is 0 Å². The fourth-order valence-corrected chi connectivity index (χ4v) is 4.27. The molecule has 0 radical (unpaired) electrons. The number of anilines is 2. The molecule has 1 heterocycles. The Hall–Kier alpha value is -1.39. The molecule has 0 aliphatic rings. The first-order valence-corrected chi connectivity index (χ1v) is 14.5. The van der Waals surface area contributed by atoms with E-state index in [4.69, 9.17) is 0 Å². The van der Waals surface area contributed by atoms with E-state index < -0.39 is 0 Å². The molecule has 33 heavy (non-hydrogen) atoms. The number of hydrogen-bond donors (Lipinski definition) is 2. The summed E-state index contributed by atoms with van der Waals surface area (Å²) in [6, 6.07) is 0. The number of nitrogens with zero attached hydrogens (tertiary/aromatic N) is 3. The van der Waals surface area contributed by atoms with Crippen LogP contribution < -0.4 is 10.6 Å². The van der Waals surface area contributed by atoms with E-state index >= 15 is 0 Å². The monoisotopic (exact) mass is 461 g/mol. The second-order valence-electron chi connectivity index (χ2n) is 9.75. The van der Waals surface area contributed by atoms with Gasteiger partial charge in [0.1, 0.15) is 5.82 Å². The third-order valence-corrected chi connectivity index (χ3v) is 6.37. The van der Waals surface area contributed by atoms with Crippen LogP contribution in [0.3, 0.4) is 0 Å². The van der Waals surface area contributed by atoms with E-state index in [1.165, 1.54) is 128 Å². The molecule has 0 aliphatic heterocycles. The minimum absolute atomic E-state index is 0.712. The van der Waals surface area contributed by atoms with E-state index in [2.05, 4.69) is 39.4 Å². The minimum atomic E-state index is 0.712. The highest BCUT2D eigenvalue weighted by atomic mass is 15.2. The van der Waals surface area contributed by atoms with Crippen LogP contribution >= 0.6 is 0 Å². The molecule has 192 valence electrons. The van der Waals surface area contributed by atoms with Crippen molar-refractivity contribution in [3.05, 3.63) is 5.82 Å². The Balaban J connectivity index is 2.02. The molecule has 1 rings (SSSR count). The summed E-state index contributed by atoms with van der Waals surface area (Å²) in [7, 11) is 0. The Morgan fingerprint density at radius 3 is 1.06 bits per heavy atom. The Kier molecular flexibility index (Phi) is 20.1. The third kappa shape index (κ3) is 18.7. The first kappa shape index (κ1) is 29.6. The first-order chi connectivity index (χ1) is 16.3. The zero-order chi connectivity index (χ0) is 23.8.